The van der Waals surface area contributed by atoms with Crippen molar-refractivity contribution in [3.8, 4) is 5.75 Å². The highest BCUT2D eigenvalue weighted by Gasteiger charge is 2.47. The van der Waals surface area contributed by atoms with Crippen molar-refractivity contribution in [1.82, 2.24) is 10.6 Å². The topological polar surface area (TPSA) is 64.6 Å². The van der Waals surface area contributed by atoms with Crippen LogP contribution in [-0.4, -0.2) is 36.3 Å². The number of carbonyl (C=O) groups excluding carboxylic acids is 1. The maximum absolute atomic E-state index is 11.9. The number of hydrogen-bond acceptors (Lipinski definition) is 3. The van der Waals surface area contributed by atoms with E-state index in [1.165, 1.54) is 0 Å². The minimum Gasteiger partial charge on any atom is -0.508 e. The molecule has 2 fully saturated rings. The van der Waals surface area contributed by atoms with E-state index in [4.69, 9.17) is 0 Å². The van der Waals surface area contributed by atoms with Crippen molar-refractivity contribution in [2.75, 3.05) is 24.5 Å². The number of nitrogens with zero attached hydrogens (tertiary/aromatic N) is 1. The standard InChI is InChI=1S/C12H15N3O2/c16-10-3-1-9(2-4-10)15-11(17)14-8-12(15)5-6-13-7-12/h1-4,13,16H,5-8H2,(H,14,17). The molecule has 1 aromatic rings. The van der Waals surface area contributed by atoms with Crippen LogP contribution in [0.4, 0.5) is 10.5 Å². The molecule has 5 heteroatoms. The zero-order valence-electron chi connectivity index (χ0n) is 9.44. The van der Waals surface area contributed by atoms with Gasteiger partial charge in [-0.1, -0.05) is 0 Å². The highest BCUT2D eigenvalue weighted by Crippen LogP contribution is 2.33. The predicted octanol–water partition coefficient (Wildman–Crippen LogP) is 0.654. The minimum atomic E-state index is -0.145. The number of anilines is 1. The number of hydrogen-bond donors (Lipinski definition) is 3. The van der Waals surface area contributed by atoms with E-state index in [0.717, 1.165) is 25.2 Å². The van der Waals surface area contributed by atoms with E-state index in [9.17, 15) is 9.90 Å². The van der Waals surface area contributed by atoms with E-state index in [1.54, 1.807) is 24.3 Å². The van der Waals surface area contributed by atoms with Crippen LogP contribution in [0, 0.1) is 0 Å². The van der Waals surface area contributed by atoms with Crippen LogP contribution in [0.2, 0.25) is 0 Å². The molecule has 0 radical (unpaired) electrons. The third-order valence-corrected chi connectivity index (χ3v) is 3.58. The summed E-state index contributed by atoms with van der Waals surface area (Å²) < 4.78 is 0. The van der Waals surface area contributed by atoms with Crippen LogP contribution in [0.25, 0.3) is 0 Å². The first-order valence-corrected chi connectivity index (χ1v) is 5.79. The van der Waals surface area contributed by atoms with Crippen LogP contribution < -0.4 is 15.5 Å². The van der Waals surface area contributed by atoms with Crippen molar-refractivity contribution in [2.45, 2.75) is 12.0 Å². The Labute approximate surface area is 99.4 Å². The summed E-state index contributed by atoms with van der Waals surface area (Å²) >= 11 is 0. The summed E-state index contributed by atoms with van der Waals surface area (Å²) in [6.07, 6.45) is 0.951. The number of phenols is 1. The van der Waals surface area contributed by atoms with Gasteiger partial charge in [0.2, 0.25) is 0 Å². The molecule has 2 saturated heterocycles. The molecule has 5 nitrogen and oxygen atoms in total. The lowest BCUT2D eigenvalue weighted by atomic mass is 9.97. The van der Waals surface area contributed by atoms with Gasteiger partial charge < -0.3 is 15.7 Å². The molecule has 0 saturated carbocycles. The Morgan fingerprint density at radius 2 is 2.00 bits per heavy atom. The van der Waals surface area contributed by atoms with Gasteiger partial charge in [0.15, 0.2) is 0 Å². The number of amides is 2. The van der Waals surface area contributed by atoms with Crippen LogP contribution in [0.3, 0.4) is 0 Å². The minimum absolute atomic E-state index is 0.0561. The van der Waals surface area contributed by atoms with Crippen molar-refractivity contribution in [2.24, 2.45) is 0 Å². The Kier molecular flexibility index (Phi) is 2.22. The molecule has 90 valence electrons. The molecule has 3 rings (SSSR count). The van der Waals surface area contributed by atoms with Gasteiger partial charge in [-0.2, -0.15) is 0 Å². The zero-order valence-corrected chi connectivity index (χ0v) is 9.44. The number of rotatable bonds is 1. The Morgan fingerprint density at radius 3 is 2.65 bits per heavy atom. The second-order valence-corrected chi connectivity index (χ2v) is 4.66. The molecule has 1 spiro atoms. The van der Waals surface area contributed by atoms with Gasteiger partial charge in [0.25, 0.3) is 0 Å². The van der Waals surface area contributed by atoms with E-state index in [2.05, 4.69) is 10.6 Å². The molecule has 2 aliphatic rings. The molecule has 2 amide bonds. The SMILES string of the molecule is O=C1NCC2(CCNC2)N1c1ccc(O)cc1. The first kappa shape index (κ1) is 10.4. The third-order valence-electron chi connectivity index (χ3n) is 3.58. The van der Waals surface area contributed by atoms with Gasteiger partial charge in [-0.25, -0.2) is 4.79 Å². The first-order chi connectivity index (χ1) is 8.21. The van der Waals surface area contributed by atoms with Gasteiger partial charge in [-0.05, 0) is 37.2 Å². The Hall–Kier alpha value is -1.75. The molecular formula is C12H15N3O2. The van der Waals surface area contributed by atoms with E-state index >= 15 is 0 Å². The van der Waals surface area contributed by atoms with Gasteiger partial charge in [0.05, 0.1) is 5.54 Å². The van der Waals surface area contributed by atoms with Crippen LogP contribution in [0.5, 0.6) is 5.75 Å². The lowest BCUT2D eigenvalue weighted by molar-refractivity contribution is 0.251. The summed E-state index contributed by atoms with van der Waals surface area (Å²) in [7, 11) is 0. The van der Waals surface area contributed by atoms with Crippen molar-refractivity contribution < 1.29 is 9.90 Å². The fourth-order valence-electron chi connectivity index (χ4n) is 2.68. The summed E-state index contributed by atoms with van der Waals surface area (Å²) in [6, 6.07) is 6.72. The number of carbonyl (C=O) groups is 1. The fourth-order valence-corrected chi connectivity index (χ4v) is 2.68. The molecule has 0 aliphatic carbocycles. The van der Waals surface area contributed by atoms with Crippen LogP contribution in [-0.2, 0) is 0 Å². The second kappa shape index (κ2) is 3.63. The molecule has 0 aromatic heterocycles. The van der Waals surface area contributed by atoms with Gasteiger partial charge in [0, 0.05) is 18.8 Å². The summed E-state index contributed by atoms with van der Waals surface area (Å²) in [5, 5.41) is 15.5. The highest BCUT2D eigenvalue weighted by atomic mass is 16.3. The zero-order chi connectivity index (χ0) is 11.9. The van der Waals surface area contributed by atoms with Crippen LogP contribution >= 0.6 is 0 Å². The maximum Gasteiger partial charge on any atom is 0.322 e. The van der Waals surface area contributed by atoms with E-state index in [0.29, 0.717) is 6.54 Å². The van der Waals surface area contributed by atoms with E-state index in [-0.39, 0.29) is 17.3 Å². The highest BCUT2D eigenvalue weighted by molar-refractivity contribution is 5.96. The Bertz CT molecular complexity index is 438. The summed E-state index contributed by atoms with van der Waals surface area (Å²) in [6.45, 7) is 2.43. The van der Waals surface area contributed by atoms with Gasteiger partial charge in [-0.3, -0.25) is 4.90 Å². The van der Waals surface area contributed by atoms with Crippen molar-refractivity contribution in [1.29, 1.82) is 0 Å². The number of phenolic OH excluding ortho intramolecular Hbond substituents is 1. The van der Waals surface area contributed by atoms with Gasteiger partial charge in [0.1, 0.15) is 5.75 Å². The Morgan fingerprint density at radius 1 is 1.24 bits per heavy atom. The largest absolute Gasteiger partial charge is 0.508 e. The monoisotopic (exact) mass is 233 g/mol. The average Bonchev–Trinajstić information content (AvgIpc) is 2.91. The molecule has 1 aromatic carbocycles. The number of aromatic hydroxyl groups is 1. The Balaban J connectivity index is 1.98. The molecule has 1 atom stereocenters. The number of nitrogens with one attached hydrogen (secondary N) is 2. The molecule has 3 N–H and O–H groups in total. The van der Waals surface area contributed by atoms with E-state index in [1.807, 2.05) is 4.90 Å². The fraction of sp³-hybridized carbons (Fsp3) is 0.417. The van der Waals surface area contributed by atoms with Gasteiger partial charge in [-0.15, -0.1) is 0 Å². The maximum atomic E-state index is 11.9. The van der Waals surface area contributed by atoms with Crippen molar-refractivity contribution >= 4 is 11.7 Å². The first-order valence-electron chi connectivity index (χ1n) is 5.79. The molecule has 2 heterocycles. The third kappa shape index (κ3) is 1.54. The second-order valence-electron chi connectivity index (χ2n) is 4.66. The summed E-state index contributed by atoms with van der Waals surface area (Å²) in [4.78, 5) is 13.8. The van der Waals surface area contributed by atoms with Crippen LogP contribution in [0.1, 0.15) is 6.42 Å². The molecule has 2 aliphatic heterocycles. The summed E-state index contributed by atoms with van der Waals surface area (Å²) in [5.41, 5.74) is 0.690. The molecule has 17 heavy (non-hydrogen) atoms. The quantitative estimate of drug-likeness (QED) is 0.667. The lowest BCUT2D eigenvalue weighted by Gasteiger charge is -2.32. The molecular weight excluding hydrogens is 218 g/mol. The molecule has 1 unspecified atom stereocenters. The number of benzene rings is 1. The normalized spacial score (nSPS) is 27.8. The summed E-state index contributed by atoms with van der Waals surface area (Å²) in [5.74, 6) is 0.215. The predicted molar refractivity (Wildman–Crippen MR) is 64.2 cm³/mol. The van der Waals surface area contributed by atoms with E-state index < -0.39 is 0 Å². The van der Waals surface area contributed by atoms with Crippen molar-refractivity contribution in [3.63, 3.8) is 0 Å². The van der Waals surface area contributed by atoms with Crippen molar-refractivity contribution in [3.05, 3.63) is 24.3 Å². The average molecular weight is 233 g/mol. The lowest BCUT2D eigenvalue weighted by Crippen LogP contribution is -2.49. The molecule has 0 bridgehead atoms. The smallest absolute Gasteiger partial charge is 0.322 e. The van der Waals surface area contributed by atoms with Crippen LogP contribution in [0.15, 0.2) is 24.3 Å². The number of urea groups is 1. The van der Waals surface area contributed by atoms with Gasteiger partial charge >= 0.3 is 6.03 Å².